The molecule has 1 aromatic carbocycles. The Labute approximate surface area is 168 Å². The smallest absolute Gasteiger partial charge is 0.243 e. The molecule has 1 heterocycles. The van der Waals surface area contributed by atoms with E-state index in [0.29, 0.717) is 44.8 Å². The lowest BCUT2D eigenvalue weighted by Crippen LogP contribution is -2.48. The number of ether oxygens (including phenoxy) is 1. The van der Waals surface area contributed by atoms with Crippen LogP contribution in [-0.4, -0.2) is 50.4 Å². The van der Waals surface area contributed by atoms with Crippen molar-refractivity contribution in [3.8, 4) is 5.75 Å². The van der Waals surface area contributed by atoms with Gasteiger partial charge in [0.1, 0.15) is 5.75 Å². The first-order chi connectivity index (χ1) is 12.1. The molecule has 27 heavy (non-hydrogen) atoms. The molecule has 0 saturated carbocycles. The molecule has 1 saturated heterocycles. The summed E-state index contributed by atoms with van der Waals surface area (Å²) < 4.78 is 32.3. The molecule has 2 rings (SSSR count). The van der Waals surface area contributed by atoms with E-state index in [2.05, 4.69) is 5.32 Å². The summed E-state index contributed by atoms with van der Waals surface area (Å²) in [6, 6.07) is 6.43. The van der Waals surface area contributed by atoms with Crippen LogP contribution in [0.4, 0.5) is 0 Å². The van der Waals surface area contributed by atoms with Gasteiger partial charge in [-0.3, -0.25) is 4.79 Å². The lowest BCUT2D eigenvalue weighted by atomic mass is 9.96. The summed E-state index contributed by atoms with van der Waals surface area (Å²) >= 11 is 0. The van der Waals surface area contributed by atoms with Crippen molar-refractivity contribution in [3.63, 3.8) is 0 Å². The first-order valence-corrected chi connectivity index (χ1v) is 10.4. The zero-order chi connectivity index (χ0) is 19.4. The molecule has 0 unspecified atom stereocenters. The Morgan fingerprint density at radius 3 is 2.30 bits per heavy atom. The molecule has 0 aliphatic carbocycles. The number of nitrogens with zero attached hydrogens (tertiary/aromatic N) is 1. The SMILES string of the molecule is CCOc1ccc(S(=O)(=O)N2CCC(C(=O)NCC(C)(C)N)CC2)cc1.Cl. The van der Waals surface area contributed by atoms with Gasteiger partial charge in [0, 0.05) is 31.1 Å². The van der Waals surface area contributed by atoms with E-state index in [4.69, 9.17) is 10.5 Å². The number of rotatable bonds is 7. The van der Waals surface area contributed by atoms with E-state index in [1.165, 1.54) is 4.31 Å². The van der Waals surface area contributed by atoms with Gasteiger partial charge in [-0.05, 0) is 57.9 Å². The van der Waals surface area contributed by atoms with Gasteiger partial charge < -0.3 is 15.8 Å². The molecule has 1 amide bonds. The molecule has 7 nitrogen and oxygen atoms in total. The van der Waals surface area contributed by atoms with E-state index >= 15 is 0 Å². The van der Waals surface area contributed by atoms with Crippen LogP contribution in [0, 0.1) is 5.92 Å². The minimum absolute atomic E-state index is 0. The van der Waals surface area contributed by atoms with Gasteiger partial charge in [0.15, 0.2) is 0 Å². The van der Waals surface area contributed by atoms with Crippen LogP contribution in [0.2, 0.25) is 0 Å². The summed E-state index contributed by atoms with van der Waals surface area (Å²) in [6.45, 7) is 7.16. The topological polar surface area (TPSA) is 102 Å². The van der Waals surface area contributed by atoms with Crippen LogP contribution in [0.25, 0.3) is 0 Å². The average Bonchev–Trinajstić information content (AvgIpc) is 2.60. The summed E-state index contributed by atoms with van der Waals surface area (Å²) in [4.78, 5) is 12.5. The summed E-state index contributed by atoms with van der Waals surface area (Å²) in [7, 11) is -3.55. The van der Waals surface area contributed by atoms with E-state index in [9.17, 15) is 13.2 Å². The number of hydrogen-bond donors (Lipinski definition) is 2. The van der Waals surface area contributed by atoms with Crippen LogP contribution < -0.4 is 15.8 Å². The molecule has 0 atom stereocenters. The Bertz CT molecular complexity index is 709. The zero-order valence-electron chi connectivity index (χ0n) is 16.1. The second kappa shape index (κ2) is 9.73. The second-order valence-corrected chi connectivity index (χ2v) is 9.23. The summed E-state index contributed by atoms with van der Waals surface area (Å²) in [5.41, 5.74) is 5.41. The third-order valence-electron chi connectivity index (χ3n) is 4.32. The molecule has 9 heteroatoms. The molecule has 1 aliphatic heterocycles. The second-order valence-electron chi connectivity index (χ2n) is 7.29. The quantitative estimate of drug-likeness (QED) is 0.701. The van der Waals surface area contributed by atoms with Gasteiger partial charge in [-0.2, -0.15) is 4.31 Å². The Morgan fingerprint density at radius 2 is 1.81 bits per heavy atom. The number of hydrogen-bond acceptors (Lipinski definition) is 5. The highest BCUT2D eigenvalue weighted by Gasteiger charge is 2.32. The van der Waals surface area contributed by atoms with Crippen molar-refractivity contribution in [3.05, 3.63) is 24.3 Å². The molecular formula is C18H30ClN3O4S. The normalized spacial score (nSPS) is 16.4. The van der Waals surface area contributed by atoms with Crippen molar-refractivity contribution in [2.24, 2.45) is 11.7 Å². The van der Waals surface area contributed by atoms with E-state index in [1.54, 1.807) is 24.3 Å². The van der Waals surface area contributed by atoms with Gasteiger partial charge >= 0.3 is 0 Å². The Kier molecular flexibility index (Phi) is 8.53. The molecule has 1 aromatic rings. The predicted molar refractivity (Wildman–Crippen MR) is 108 cm³/mol. The molecule has 3 N–H and O–H groups in total. The largest absolute Gasteiger partial charge is 0.494 e. The molecule has 1 aliphatic rings. The van der Waals surface area contributed by atoms with Crippen LogP contribution >= 0.6 is 12.4 Å². The number of amides is 1. The van der Waals surface area contributed by atoms with E-state index < -0.39 is 15.6 Å². The summed E-state index contributed by atoms with van der Waals surface area (Å²) in [6.07, 6.45) is 1.01. The predicted octanol–water partition coefficient (Wildman–Crippen LogP) is 1.76. The number of carbonyl (C=O) groups excluding carboxylic acids is 1. The number of nitrogens with two attached hydrogens (primary N) is 1. The van der Waals surface area contributed by atoms with E-state index in [0.717, 1.165) is 0 Å². The third kappa shape index (κ3) is 6.64. The van der Waals surface area contributed by atoms with Crippen molar-refractivity contribution < 1.29 is 17.9 Å². The van der Waals surface area contributed by atoms with Crippen molar-refractivity contribution in [2.45, 2.75) is 44.0 Å². The molecule has 154 valence electrons. The van der Waals surface area contributed by atoms with E-state index in [1.807, 2.05) is 20.8 Å². The van der Waals surface area contributed by atoms with Gasteiger partial charge in [0.25, 0.3) is 0 Å². The standard InChI is InChI=1S/C18H29N3O4S.ClH/c1-4-25-15-5-7-16(8-6-15)26(23,24)21-11-9-14(10-12-21)17(22)20-13-18(2,3)19;/h5-8,14H,4,9-13,19H2,1-3H3,(H,20,22);1H. The maximum Gasteiger partial charge on any atom is 0.243 e. The van der Waals surface area contributed by atoms with Gasteiger partial charge in [-0.15, -0.1) is 12.4 Å². The maximum absolute atomic E-state index is 12.8. The van der Waals surface area contributed by atoms with Gasteiger partial charge in [0.2, 0.25) is 15.9 Å². The number of sulfonamides is 1. The van der Waals surface area contributed by atoms with Crippen molar-refractivity contribution in [1.29, 1.82) is 0 Å². The van der Waals surface area contributed by atoms with Crippen molar-refractivity contribution in [2.75, 3.05) is 26.2 Å². The summed E-state index contributed by atoms with van der Waals surface area (Å²) in [5, 5.41) is 2.85. The van der Waals surface area contributed by atoms with Gasteiger partial charge in [0.05, 0.1) is 11.5 Å². The van der Waals surface area contributed by atoms with Crippen LogP contribution in [0.3, 0.4) is 0 Å². The van der Waals surface area contributed by atoms with Crippen LogP contribution in [0.15, 0.2) is 29.2 Å². The van der Waals surface area contributed by atoms with Gasteiger partial charge in [-0.25, -0.2) is 8.42 Å². The fraction of sp³-hybridized carbons (Fsp3) is 0.611. The van der Waals surface area contributed by atoms with E-state index in [-0.39, 0.29) is 29.1 Å². The lowest BCUT2D eigenvalue weighted by Gasteiger charge is -2.31. The summed E-state index contributed by atoms with van der Waals surface area (Å²) in [5.74, 6) is 0.412. The number of benzene rings is 1. The Morgan fingerprint density at radius 1 is 1.26 bits per heavy atom. The first kappa shape index (κ1) is 23.7. The first-order valence-electron chi connectivity index (χ1n) is 8.93. The fourth-order valence-electron chi connectivity index (χ4n) is 2.84. The number of piperidine rings is 1. The minimum atomic E-state index is -3.55. The third-order valence-corrected chi connectivity index (χ3v) is 6.23. The van der Waals surface area contributed by atoms with Crippen molar-refractivity contribution in [1.82, 2.24) is 9.62 Å². The van der Waals surface area contributed by atoms with Crippen LogP contribution in [-0.2, 0) is 14.8 Å². The molecule has 0 bridgehead atoms. The molecule has 0 radical (unpaired) electrons. The molecular weight excluding hydrogens is 390 g/mol. The number of nitrogens with one attached hydrogen (secondary N) is 1. The monoisotopic (exact) mass is 419 g/mol. The highest BCUT2D eigenvalue weighted by Crippen LogP contribution is 2.25. The highest BCUT2D eigenvalue weighted by molar-refractivity contribution is 7.89. The van der Waals surface area contributed by atoms with Crippen LogP contribution in [0.1, 0.15) is 33.6 Å². The number of carbonyl (C=O) groups is 1. The van der Waals surface area contributed by atoms with Gasteiger partial charge in [-0.1, -0.05) is 0 Å². The Balaban J connectivity index is 0.00000364. The minimum Gasteiger partial charge on any atom is -0.494 e. The molecule has 0 spiro atoms. The maximum atomic E-state index is 12.8. The molecule has 1 fully saturated rings. The zero-order valence-corrected chi connectivity index (χ0v) is 17.7. The molecule has 0 aromatic heterocycles. The number of halogens is 1. The highest BCUT2D eigenvalue weighted by atomic mass is 35.5. The average molecular weight is 420 g/mol. The van der Waals surface area contributed by atoms with Crippen LogP contribution in [0.5, 0.6) is 5.75 Å². The fourth-order valence-corrected chi connectivity index (χ4v) is 4.31. The van der Waals surface area contributed by atoms with Crippen molar-refractivity contribution >= 4 is 28.3 Å². The lowest BCUT2D eigenvalue weighted by molar-refractivity contribution is -0.126. The Hall–Kier alpha value is -1.35.